The van der Waals surface area contributed by atoms with Crippen LogP contribution in [0, 0.1) is 12.3 Å². The number of nitrogens with one attached hydrogen (secondary N) is 1. The minimum Gasteiger partial charge on any atom is -0.378 e. The standard InChI is InChI=1S/C21H29N3O3/c1-4-27-18-13-17(21(18)9-6-10-21)23(3)19(25)15-7-5-8-16(14(15)2)24-12-11-22-20(24)26/h5,7-8,17-18H,4,6,9-13H2,1-3H3,(H,22,26)/t17-,18-/m1/s1. The predicted molar refractivity (Wildman–Crippen MR) is 104 cm³/mol. The van der Waals surface area contributed by atoms with E-state index in [1.807, 2.05) is 44.0 Å². The predicted octanol–water partition coefficient (Wildman–Crippen LogP) is 2.94. The Labute approximate surface area is 160 Å². The molecule has 2 saturated carbocycles. The summed E-state index contributed by atoms with van der Waals surface area (Å²) in [5, 5.41) is 2.82. The van der Waals surface area contributed by atoms with Crippen molar-refractivity contribution >= 4 is 17.6 Å². The number of ether oxygens (including phenoxy) is 1. The molecular formula is C21H29N3O3. The summed E-state index contributed by atoms with van der Waals surface area (Å²) in [5.41, 5.74) is 2.53. The Hall–Kier alpha value is -2.08. The monoisotopic (exact) mass is 371 g/mol. The third-order valence-electron chi connectivity index (χ3n) is 6.87. The van der Waals surface area contributed by atoms with Crippen LogP contribution in [0.3, 0.4) is 0 Å². The van der Waals surface area contributed by atoms with Crippen LogP contribution in [-0.4, -0.2) is 55.7 Å². The summed E-state index contributed by atoms with van der Waals surface area (Å²) in [6.45, 7) is 5.98. The largest absolute Gasteiger partial charge is 0.378 e. The van der Waals surface area contributed by atoms with Crippen LogP contribution in [0.15, 0.2) is 18.2 Å². The quantitative estimate of drug-likeness (QED) is 0.866. The summed E-state index contributed by atoms with van der Waals surface area (Å²) in [6.07, 6.45) is 4.72. The second kappa shape index (κ2) is 6.82. The van der Waals surface area contributed by atoms with E-state index < -0.39 is 0 Å². The normalized spacial score (nSPS) is 25.7. The zero-order valence-electron chi connectivity index (χ0n) is 16.5. The van der Waals surface area contributed by atoms with Gasteiger partial charge in [0.15, 0.2) is 0 Å². The first kappa shape index (κ1) is 18.3. The van der Waals surface area contributed by atoms with Crippen LogP contribution in [0.25, 0.3) is 0 Å². The Balaban J connectivity index is 1.56. The lowest BCUT2D eigenvalue weighted by Gasteiger charge is -2.63. The smallest absolute Gasteiger partial charge is 0.322 e. The third kappa shape index (κ3) is 2.73. The SMILES string of the molecule is CCO[C@@H]1C[C@@H](N(C)C(=O)c2cccc(N3CCNC3=O)c2C)C12CCC2. The van der Waals surface area contributed by atoms with Crippen molar-refractivity contribution in [1.82, 2.24) is 10.2 Å². The van der Waals surface area contributed by atoms with Crippen LogP contribution in [0.4, 0.5) is 10.5 Å². The highest BCUT2D eigenvalue weighted by atomic mass is 16.5. The van der Waals surface area contributed by atoms with Crippen LogP contribution < -0.4 is 10.2 Å². The van der Waals surface area contributed by atoms with Crippen molar-refractivity contribution in [1.29, 1.82) is 0 Å². The highest BCUT2D eigenvalue weighted by molar-refractivity contribution is 6.00. The fourth-order valence-electron chi connectivity index (χ4n) is 5.13. The number of anilines is 1. The van der Waals surface area contributed by atoms with Crippen molar-refractivity contribution in [3.8, 4) is 0 Å². The molecule has 4 rings (SSSR count). The molecule has 6 heteroatoms. The second-order valence-electron chi connectivity index (χ2n) is 8.03. The summed E-state index contributed by atoms with van der Waals surface area (Å²) in [4.78, 5) is 29.0. The van der Waals surface area contributed by atoms with Crippen molar-refractivity contribution in [3.05, 3.63) is 29.3 Å². The Morgan fingerprint density at radius 3 is 2.78 bits per heavy atom. The zero-order chi connectivity index (χ0) is 19.2. The van der Waals surface area contributed by atoms with Crippen LogP contribution >= 0.6 is 0 Å². The summed E-state index contributed by atoms with van der Waals surface area (Å²) in [6, 6.07) is 5.81. The van der Waals surface area contributed by atoms with E-state index in [0.29, 0.717) is 18.7 Å². The molecule has 2 aliphatic carbocycles. The molecule has 146 valence electrons. The number of benzene rings is 1. The highest BCUT2D eigenvalue weighted by Crippen LogP contribution is 2.59. The second-order valence-corrected chi connectivity index (χ2v) is 8.03. The fraction of sp³-hybridized carbons (Fsp3) is 0.619. The molecular weight excluding hydrogens is 342 g/mol. The van der Waals surface area contributed by atoms with Crippen molar-refractivity contribution < 1.29 is 14.3 Å². The van der Waals surface area contributed by atoms with Gasteiger partial charge >= 0.3 is 6.03 Å². The van der Waals surface area contributed by atoms with E-state index in [0.717, 1.165) is 37.1 Å². The summed E-state index contributed by atoms with van der Waals surface area (Å²) in [7, 11) is 1.92. The van der Waals surface area contributed by atoms with Crippen LogP contribution in [0.2, 0.25) is 0 Å². The van der Waals surface area contributed by atoms with E-state index in [9.17, 15) is 9.59 Å². The van der Waals surface area contributed by atoms with Crippen LogP contribution in [-0.2, 0) is 4.74 Å². The lowest BCUT2D eigenvalue weighted by Crippen LogP contribution is -2.67. The molecule has 1 aromatic rings. The van der Waals surface area contributed by atoms with Gasteiger partial charge in [0.05, 0.1) is 6.10 Å². The lowest BCUT2D eigenvalue weighted by atomic mass is 9.50. The topological polar surface area (TPSA) is 61.9 Å². The Bertz CT molecular complexity index is 759. The van der Waals surface area contributed by atoms with Gasteiger partial charge in [-0.1, -0.05) is 12.5 Å². The van der Waals surface area contributed by atoms with Gasteiger partial charge in [0.1, 0.15) is 0 Å². The summed E-state index contributed by atoms with van der Waals surface area (Å²) < 4.78 is 5.93. The van der Waals surface area contributed by atoms with Crippen molar-refractivity contribution in [2.45, 2.75) is 51.7 Å². The van der Waals surface area contributed by atoms with E-state index in [1.165, 1.54) is 6.42 Å². The molecule has 0 aromatic heterocycles. The molecule has 0 radical (unpaired) electrons. The number of carbonyl (C=O) groups is 2. The van der Waals surface area contributed by atoms with Gasteiger partial charge in [0.2, 0.25) is 0 Å². The van der Waals surface area contributed by atoms with Gasteiger partial charge in [0, 0.05) is 49.5 Å². The van der Waals surface area contributed by atoms with Crippen molar-refractivity contribution in [2.24, 2.45) is 5.41 Å². The van der Waals surface area contributed by atoms with Gasteiger partial charge in [0.25, 0.3) is 5.91 Å². The minimum absolute atomic E-state index is 0.0418. The molecule has 0 bridgehead atoms. The van der Waals surface area contributed by atoms with Crippen LogP contribution in [0.5, 0.6) is 0 Å². The molecule has 0 unspecified atom stereocenters. The average molecular weight is 371 g/mol. The average Bonchev–Trinajstić information content (AvgIpc) is 3.02. The first-order valence-electron chi connectivity index (χ1n) is 10.0. The number of nitrogens with zero attached hydrogens (tertiary/aromatic N) is 2. The molecule has 6 nitrogen and oxygen atoms in total. The van der Waals surface area contributed by atoms with Gasteiger partial charge in [-0.3, -0.25) is 9.69 Å². The molecule has 2 atom stereocenters. The van der Waals surface area contributed by atoms with E-state index in [-0.39, 0.29) is 29.5 Å². The lowest BCUT2D eigenvalue weighted by molar-refractivity contribution is -0.192. The maximum absolute atomic E-state index is 13.3. The minimum atomic E-state index is -0.0944. The Morgan fingerprint density at radius 1 is 1.41 bits per heavy atom. The Kier molecular flexibility index (Phi) is 4.62. The third-order valence-corrected chi connectivity index (χ3v) is 6.87. The first-order valence-corrected chi connectivity index (χ1v) is 10.0. The molecule has 3 amide bonds. The van der Waals surface area contributed by atoms with E-state index in [2.05, 4.69) is 5.32 Å². The van der Waals surface area contributed by atoms with E-state index in [4.69, 9.17) is 4.74 Å². The first-order chi connectivity index (χ1) is 13.0. The molecule has 3 aliphatic rings. The van der Waals surface area contributed by atoms with Crippen molar-refractivity contribution in [3.63, 3.8) is 0 Å². The molecule has 27 heavy (non-hydrogen) atoms. The molecule has 1 saturated heterocycles. The Morgan fingerprint density at radius 2 is 2.19 bits per heavy atom. The maximum atomic E-state index is 13.3. The number of hydrogen-bond donors (Lipinski definition) is 1. The molecule has 1 aliphatic heterocycles. The number of hydrogen-bond acceptors (Lipinski definition) is 3. The van der Waals surface area contributed by atoms with Crippen LogP contribution in [0.1, 0.15) is 48.5 Å². The van der Waals surface area contributed by atoms with Crippen molar-refractivity contribution in [2.75, 3.05) is 31.6 Å². The van der Waals surface area contributed by atoms with Gasteiger partial charge < -0.3 is 15.0 Å². The number of urea groups is 1. The van der Waals surface area contributed by atoms with Gasteiger partial charge in [-0.25, -0.2) is 4.79 Å². The molecule has 1 heterocycles. The number of amides is 3. The molecule has 3 fully saturated rings. The summed E-state index contributed by atoms with van der Waals surface area (Å²) >= 11 is 0. The highest BCUT2D eigenvalue weighted by Gasteiger charge is 2.60. The molecule has 1 N–H and O–H groups in total. The van der Waals surface area contributed by atoms with E-state index in [1.54, 1.807) is 4.90 Å². The molecule has 1 spiro atoms. The molecule has 1 aromatic carbocycles. The zero-order valence-corrected chi connectivity index (χ0v) is 16.5. The number of carbonyl (C=O) groups excluding carboxylic acids is 2. The van der Waals surface area contributed by atoms with Gasteiger partial charge in [-0.15, -0.1) is 0 Å². The fourth-order valence-corrected chi connectivity index (χ4v) is 5.13. The van der Waals surface area contributed by atoms with Gasteiger partial charge in [-0.2, -0.15) is 0 Å². The number of rotatable bonds is 5. The van der Waals surface area contributed by atoms with Gasteiger partial charge in [-0.05, 0) is 50.8 Å². The van der Waals surface area contributed by atoms with E-state index >= 15 is 0 Å². The summed E-state index contributed by atoms with van der Waals surface area (Å²) in [5.74, 6) is 0.0418. The maximum Gasteiger partial charge on any atom is 0.322 e.